The summed E-state index contributed by atoms with van der Waals surface area (Å²) in [5, 5.41) is 14.3. The second-order valence-corrected chi connectivity index (χ2v) is 4.44. The summed E-state index contributed by atoms with van der Waals surface area (Å²) in [7, 11) is 0. The zero-order valence-electron chi connectivity index (χ0n) is 10.8. The van der Waals surface area contributed by atoms with Crippen LogP contribution < -0.4 is 5.32 Å². The van der Waals surface area contributed by atoms with Crippen molar-refractivity contribution >= 4 is 5.97 Å². The fourth-order valence-electron chi connectivity index (χ4n) is 1.49. The first kappa shape index (κ1) is 15.1. The number of carboxylic acids is 1. The molecule has 0 saturated carbocycles. The van der Waals surface area contributed by atoms with Gasteiger partial charge in [-0.15, -0.1) is 0 Å². The fourth-order valence-corrected chi connectivity index (χ4v) is 1.49. The van der Waals surface area contributed by atoms with Crippen molar-refractivity contribution in [3.8, 4) is 11.5 Å². The van der Waals surface area contributed by atoms with Gasteiger partial charge in [-0.3, -0.25) is 5.32 Å². The Hall–Kier alpha value is -2.29. The number of rotatable bonds is 5. The lowest BCUT2D eigenvalue weighted by Crippen LogP contribution is -2.59. The Labute approximate surface area is 116 Å². The molecule has 0 aliphatic rings. The van der Waals surface area contributed by atoms with Crippen LogP contribution in [0.4, 0.5) is 13.2 Å². The third-order valence-corrected chi connectivity index (χ3v) is 2.94. The van der Waals surface area contributed by atoms with E-state index in [0.29, 0.717) is 12.7 Å². The summed E-state index contributed by atoms with van der Waals surface area (Å²) >= 11 is 0. The molecule has 2 heterocycles. The smallest absolute Gasteiger partial charge is 0.417 e. The molecule has 2 N–H and O–H groups in total. The predicted octanol–water partition coefficient (Wildman–Crippen LogP) is 2.43. The molecule has 0 aromatic carbocycles. The van der Waals surface area contributed by atoms with Crippen LogP contribution in [-0.2, 0) is 11.3 Å². The van der Waals surface area contributed by atoms with Gasteiger partial charge in [0.2, 0.25) is 11.3 Å². The van der Waals surface area contributed by atoms with E-state index in [1.807, 2.05) is 5.32 Å². The van der Waals surface area contributed by atoms with Crippen molar-refractivity contribution in [2.75, 3.05) is 0 Å². The fraction of sp³-hybridized carbons (Fsp3) is 0.333. The molecule has 0 amide bonds. The molecule has 6 nitrogen and oxygen atoms in total. The van der Waals surface area contributed by atoms with Gasteiger partial charge >= 0.3 is 12.1 Å². The lowest BCUT2D eigenvalue weighted by Gasteiger charge is -2.28. The Balaban J connectivity index is 2.11. The topological polar surface area (TPSA) is 88.5 Å². The van der Waals surface area contributed by atoms with Crippen LogP contribution in [0.2, 0.25) is 0 Å². The van der Waals surface area contributed by atoms with E-state index >= 15 is 0 Å². The van der Waals surface area contributed by atoms with Gasteiger partial charge in [0, 0.05) is 12.6 Å². The maximum Gasteiger partial charge on any atom is 0.417 e. The van der Waals surface area contributed by atoms with Gasteiger partial charge in [-0.25, -0.2) is 4.79 Å². The quantitative estimate of drug-likeness (QED) is 0.882. The average molecular weight is 304 g/mol. The zero-order valence-corrected chi connectivity index (χ0v) is 10.8. The standard InChI is InChI=1S/C12H11F3N2O4/c1-11(10(18)19,12(13,14)15)16-6-7-5-9(21-17-7)8-3-2-4-20-8/h2-5,16H,6H2,1H3,(H,18,19). The third kappa shape index (κ3) is 2.92. The maximum absolute atomic E-state index is 12.8. The molecule has 9 heteroatoms. The number of nitrogens with one attached hydrogen (secondary N) is 1. The number of halogens is 3. The van der Waals surface area contributed by atoms with E-state index in [2.05, 4.69) is 5.16 Å². The second-order valence-electron chi connectivity index (χ2n) is 4.44. The summed E-state index contributed by atoms with van der Waals surface area (Å²) in [5.41, 5.74) is -2.95. The molecule has 21 heavy (non-hydrogen) atoms. The SMILES string of the molecule is CC(NCc1cc(-c2ccco2)on1)(C(=O)O)C(F)(F)F. The van der Waals surface area contributed by atoms with Gasteiger partial charge < -0.3 is 14.0 Å². The lowest BCUT2D eigenvalue weighted by molar-refractivity contribution is -0.206. The number of hydrogen-bond donors (Lipinski definition) is 2. The van der Waals surface area contributed by atoms with Crippen molar-refractivity contribution in [2.45, 2.75) is 25.2 Å². The molecule has 0 aliphatic heterocycles. The van der Waals surface area contributed by atoms with Gasteiger partial charge in [0.15, 0.2) is 5.76 Å². The van der Waals surface area contributed by atoms with Gasteiger partial charge in [0.05, 0.1) is 12.0 Å². The summed E-state index contributed by atoms with van der Waals surface area (Å²) in [4.78, 5) is 10.8. The molecule has 2 aromatic rings. The summed E-state index contributed by atoms with van der Waals surface area (Å²) in [6, 6.07) is 4.57. The molecule has 0 bridgehead atoms. The number of hydrogen-bond acceptors (Lipinski definition) is 5. The first-order chi connectivity index (χ1) is 9.74. The minimum absolute atomic E-state index is 0.123. The van der Waals surface area contributed by atoms with Crippen molar-refractivity contribution in [1.29, 1.82) is 0 Å². The Morgan fingerprint density at radius 1 is 1.43 bits per heavy atom. The van der Waals surface area contributed by atoms with Crippen molar-refractivity contribution < 1.29 is 32.0 Å². The molecule has 2 aromatic heterocycles. The van der Waals surface area contributed by atoms with Crippen LogP contribution >= 0.6 is 0 Å². The summed E-state index contributed by atoms with van der Waals surface area (Å²) in [6.45, 7) is 0.120. The van der Waals surface area contributed by atoms with Gasteiger partial charge in [-0.05, 0) is 19.1 Å². The molecule has 0 saturated heterocycles. The van der Waals surface area contributed by atoms with E-state index in [4.69, 9.17) is 14.0 Å². The number of furan rings is 1. The first-order valence-electron chi connectivity index (χ1n) is 5.78. The molecular formula is C12H11F3N2O4. The molecule has 0 fully saturated rings. The Morgan fingerprint density at radius 2 is 2.14 bits per heavy atom. The van der Waals surface area contributed by atoms with Crippen LogP contribution in [0, 0.1) is 0 Å². The van der Waals surface area contributed by atoms with Crippen LogP contribution in [0.3, 0.4) is 0 Å². The van der Waals surface area contributed by atoms with Crippen LogP contribution in [0.25, 0.3) is 11.5 Å². The second kappa shape index (κ2) is 5.24. The van der Waals surface area contributed by atoms with E-state index in [9.17, 15) is 18.0 Å². The van der Waals surface area contributed by atoms with Gasteiger partial charge in [0.25, 0.3) is 0 Å². The third-order valence-electron chi connectivity index (χ3n) is 2.94. The van der Waals surface area contributed by atoms with Crippen LogP contribution in [0.15, 0.2) is 33.4 Å². The van der Waals surface area contributed by atoms with E-state index in [-0.39, 0.29) is 11.5 Å². The Kier molecular flexibility index (Phi) is 3.77. The molecule has 0 spiro atoms. The molecular weight excluding hydrogens is 293 g/mol. The maximum atomic E-state index is 12.8. The minimum Gasteiger partial charge on any atom is -0.480 e. The van der Waals surface area contributed by atoms with Crippen molar-refractivity contribution in [3.05, 3.63) is 30.2 Å². The highest BCUT2D eigenvalue weighted by Gasteiger charge is 2.57. The molecule has 1 atom stereocenters. The van der Waals surface area contributed by atoms with Gasteiger partial charge in [-0.1, -0.05) is 5.16 Å². The van der Waals surface area contributed by atoms with E-state index in [0.717, 1.165) is 0 Å². The molecule has 0 radical (unpaired) electrons. The number of carbonyl (C=O) groups is 1. The number of nitrogens with zero attached hydrogens (tertiary/aromatic N) is 1. The Bertz CT molecular complexity index is 621. The molecule has 2 rings (SSSR count). The summed E-state index contributed by atoms with van der Waals surface area (Å²) in [5.74, 6) is -1.42. The Morgan fingerprint density at radius 3 is 2.67 bits per heavy atom. The van der Waals surface area contributed by atoms with Crippen molar-refractivity contribution in [2.24, 2.45) is 0 Å². The highest BCUT2D eigenvalue weighted by Crippen LogP contribution is 2.31. The average Bonchev–Trinajstić information content (AvgIpc) is 3.04. The first-order valence-corrected chi connectivity index (χ1v) is 5.78. The number of carboxylic acid groups (broad SMARTS) is 1. The molecule has 0 aliphatic carbocycles. The summed E-state index contributed by atoms with van der Waals surface area (Å²) < 4.78 is 48.3. The highest BCUT2D eigenvalue weighted by molar-refractivity contribution is 5.79. The van der Waals surface area contributed by atoms with Gasteiger partial charge in [-0.2, -0.15) is 13.2 Å². The van der Waals surface area contributed by atoms with Crippen LogP contribution in [0.5, 0.6) is 0 Å². The van der Waals surface area contributed by atoms with Crippen LogP contribution in [0.1, 0.15) is 12.6 Å². The zero-order chi connectivity index (χ0) is 15.7. The molecule has 114 valence electrons. The van der Waals surface area contributed by atoms with E-state index in [1.54, 1.807) is 12.1 Å². The number of alkyl halides is 3. The monoisotopic (exact) mass is 304 g/mol. The molecule has 1 unspecified atom stereocenters. The predicted molar refractivity (Wildman–Crippen MR) is 63.1 cm³/mol. The lowest BCUT2D eigenvalue weighted by atomic mass is 10.0. The van der Waals surface area contributed by atoms with E-state index in [1.165, 1.54) is 12.3 Å². The van der Waals surface area contributed by atoms with E-state index < -0.39 is 24.2 Å². The normalized spacial score (nSPS) is 14.9. The number of aliphatic carboxylic acids is 1. The minimum atomic E-state index is -4.95. The largest absolute Gasteiger partial charge is 0.480 e. The van der Waals surface area contributed by atoms with Crippen LogP contribution in [-0.4, -0.2) is 27.9 Å². The van der Waals surface area contributed by atoms with Crippen molar-refractivity contribution in [1.82, 2.24) is 10.5 Å². The van der Waals surface area contributed by atoms with Crippen molar-refractivity contribution in [3.63, 3.8) is 0 Å². The number of aromatic nitrogens is 1. The highest BCUT2D eigenvalue weighted by atomic mass is 19.4. The van der Waals surface area contributed by atoms with Gasteiger partial charge in [0.1, 0.15) is 0 Å². The summed E-state index contributed by atoms with van der Waals surface area (Å²) in [6.07, 6.45) is -3.55.